The van der Waals surface area contributed by atoms with Crippen LogP contribution in [0.4, 0.5) is 0 Å². The van der Waals surface area contributed by atoms with Crippen LogP contribution in [0.1, 0.15) is 37.4 Å². The van der Waals surface area contributed by atoms with Gasteiger partial charge in [0.1, 0.15) is 0 Å². The van der Waals surface area contributed by atoms with Crippen LogP contribution in [0.3, 0.4) is 0 Å². The summed E-state index contributed by atoms with van der Waals surface area (Å²) in [5, 5.41) is 12.0. The number of hydrogen-bond donors (Lipinski definition) is 2. The fourth-order valence-electron chi connectivity index (χ4n) is 2.54. The van der Waals surface area contributed by atoms with Crippen LogP contribution in [0.5, 0.6) is 0 Å². The maximum Gasteiger partial charge on any atom is 0.330 e. The molecule has 2 aromatic carbocycles. The van der Waals surface area contributed by atoms with Crippen LogP contribution in [-0.4, -0.2) is 17.0 Å². The second-order valence-corrected chi connectivity index (χ2v) is 6.18. The Kier molecular flexibility index (Phi) is 5.16. The van der Waals surface area contributed by atoms with Crippen molar-refractivity contribution in [1.82, 2.24) is 5.32 Å². The Bertz CT molecular complexity index is 666. The standard InChI is InChI=1S/C19H21NO3/c1-19(2,15-11-7-4-8-12-15)13-16(21)20-17(18(22)23)14-9-5-3-6-10-14/h3-12,17H,13H2,1-2H3,(H,20,21)(H,22,23)/t17-/m1/s1. The average molecular weight is 311 g/mol. The maximum absolute atomic E-state index is 12.3. The van der Waals surface area contributed by atoms with Crippen LogP contribution >= 0.6 is 0 Å². The van der Waals surface area contributed by atoms with Crippen molar-refractivity contribution in [2.45, 2.75) is 31.7 Å². The first-order valence-electron chi connectivity index (χ1n) is 7.53. The molecule has 2 rings (SSSR count). The van der Waals surface area contributed by atoms with Crippen LogP contribution in [-0.2, 0) is 15.0 Å². The van der Waals surface area contributed by atoms with Gasteiger partial charge < -0.3 is 10.4 Å². The molecule has 0 saturated heterocycles. The van der Waals surface area contributed by atoms with E-state index in [2.05, 4.69) is 5.32 Å². The van der Waals surface area contributed by atoms with Crippen molar-refractivity contribution in [3.63, 3.8) is 0 Å². The normalized spacial score (nSPS) is 12.4. The van der Waals surface area contributed by atoms with Gasteiger partial charge >= 0.3 is 5.97 Å². The fourth-order valence-corrected chi connectivity index (χ4v) is 2.54. The molecule has 0 aliphatic carbocycles. The molecule has 1 atom stereocenters. The van der Waals surface area contributed by atoms with Gasteiger partial charge in [0, 0.05) is 6.42 Å². The summed E-state index contributed by atoms with van der Waals surface area (Å²) in [4.78, 5) is 23.8. The van der Waals surface area contributed by atoms with E-state index in [-0.39, 0.29) is 17.7 Å². The maximum atomic E-state index is 12.3. The molecule has 2 N–H and O–H groups in total. The molecular formula is C19H21NO3. The molecule has 0 radical (unpaired) electrons. The summed E-state index contributed by atoms with van der Waals surface area (Å²) in [5.74, 6) is -1.35. The molecule has 0 saturated carbocycles. The summed E-state index contributed by atoms with van der Waals surface area (Å²) in [6, 6.07) is 17.4. The summed E-state index contributed by atoms with van der Waals surface area (Å²) in [6.07, 6.45) is 0.216. The number of aliphatic carboxylic acids is 1. The van der Waals surface area contributed by atoms with Gasteiger partial charge in [-0.25, -0.2) is 4.79 Å². The zero-order chi connectivity index (χ0) is 16.9. The second kappa shape index (κ2) is 7.09. The molecule has 0 spiro atoms. The van der Waals surface area contributed by atoms with Gasteiger partial charge in [0.2, 0.25) is 5.91 Å². The zero-order valence-electron chi connectivity index (χ0n) is 13.3. The molecule has 23 heavy (non-hydrogen) atoms. The lowest BCUT2D eigenvalue weighted by atomic mass is 9.81. The number of amides is 1. The van der Waals surface area contributed by atoms with Crippen molar-refractivity contribution >= 4 is 11.9 Å². The van der Waals surface area contributed by atoms with E-state index >= 15 is 0 Å². The predicted octanol–water partition coefficient (Wildman–Crippen LogP) is 3.30. The molecule has 0 aromatic heterocycles. The van der Waals surface area contributed by atoms with Gasteiger partial charge in [-0.1, -0.05) is 74.5 Å². The summed E-state index contributed by atoms with van der Waals surface area (Å²) in [7, 11) is 0. The largest absolute Gasteiger partial charge is 0.479 e. The fraction of sp³-hybridized carbons (Fsp3) is 0.263. The van der Waals surface area contributed by atoms with E-state index in [1.807, 2.05) is 50.2 Å². The topological polar surface area (TPSA) is 66.4 Å². The van der Waals surface area contributed by atoms with Crippen molar-refractivity contribution in [2.75, 3.05) is 0 Å². The van der Waals surface area contributed by atoms with Crippen molar-refractivity contribution < 1.29 is 14.7 Å². The third-order valence-electron chi connectivity index (χ3n) is 3.84. The third kappa shape index (κ3) is 4.42. The predicted molar refractivity (Wildman–Crippen MR) is 89.0 cm³/mol. The Morgan fingerprint density at radius 2 is 1.52 bits per heavy atom. The number of benzene rings is 2. The van der Waals surface area contributed by atoms with Gasteiger partial charge in [0.15, 0.2) is 6.04 Å². The van der Waals surface area contributed by atoms with Crippen molar-refractivity contribution in [2.24, 2.45) is 0 Å². The Hall–Kier alpha value is -2.62. The van der Waals surface area contributed by atoms with Crippen LogP contribution < -0.4 is 5.32 Å². The van der Waals surface area contributed by atoms with Crippen molar-refractivity contribution in [1.29, 1.82) is 0 Å². The first-order chi connectivity index (χ1) is 10.9. The molecule has 0 heterocycles. The molecule has 2 aromatic rings. The van der Waals surface area contributed by atoms with E-state index in [4.69, 9.17) is 0 Å². The second-order valence-electron chi connectivity index (χ2n) is 6.18. The van der Waals surface area contributed by atoms with E-state index in [1.54, 1.807) is 24.3 Å². The number of carboxylic acid groups (broad SMARTS) is 1. The third-order valence-corrected chi connectivity index (χ3v) is 3.84. The monoisotopic (exact) mass is 311 g/mol. The highest BCUT2D eigenvalue weighted by molar-refractivity contribution is 5.85. The van der Waals surface area contributed by atoms with E-state index < -0.39 is 12.0 Å². The summed E-state index contributed by atoms with van der Waals surface area (Å²) < 4.78 is 0. The lowest BCUT2D eigenvalue weighted by molar-refractivity contribution is -0.142. The molecule has 0 fully saturated rings. The minimum Gasteiger partial charge on any atom is -0.479 e. The van der Waals surface area contributed by atoms with E-state index in [0.29, 0.717) is 5.56 Å². The highest BCUT2D eigenvalue weighted by Crippen LogP contribution is 2.27. The number of rotatable bonds is 6. The van der Waals surface area contributed by atoms with E-state index in [9.17, 15) is 14.7 Å². The van der Waals surface area contributed by atoms with Crippen LogP contribution in [0.25, 0.3) is 0 Å². The van der Waals surface area contributed by atoms with Gasteiger partial charge in [-0.3, -0.25) is 4.79 Å². The van der Waals surface area contributed by atoms with E-state index in [1.165, 1.54) is 0 Å². The van der Waals surface area contributed by atoms with Gasteiger partial charge in [-0.2, -0.15) is 0 Å². The minimum atomic E-state index is -1.07. The first-order valence-corrected chi connectivity index (χ1v) is 7.53. The SMILES string of the molecule is CC(C)(CC(=O)N[C@@H](C(=O)O)c1ccccc1)c1ccccc1. The molecule has 0 unspecified atom stereocenters. The Morgan fingerprint density at radius 3 is 2.04 bits per heavy atom. The Morgan fingerprint density at radius 1 is 1.00 bits per heavy atom. The Balaban J connectivity index is 2.10. The average Bonchev–Trinajstić information content (AvgIpc) is 2.53. The number of carbonyl (C=O) groups excluding carboxylic acids is 1. The van der Waals surface area contributed by atoms with E-state index in [0.717, 1.165) is 5.56 Å². The molecule has 0 aliphatic heterocycles. The molecular weight excluding hydrogens is 290 g/mol. The van der Waals surface area contributed by atoms with Gasteiger partial charge in [-0.05, 0) is 16.5 Å². The minimum absolute atomic E-state index is 0.216. The number of hydrogen-bond acceptors (Lipinski definition) is 2. The van der Waals surface area contributed by atoms with Crippen molar-refractivity contribution in [3.8, 4) is 0 Å². The van der Waals surface area contributed by atoms with Crippen LogP contribution in [0.15, 0.2) is 60.7 Å². The highest BCUT2D eigenvalue weighted by Gasteiger charge is 2.27. The molecule has 1 amide bonds. The smallest absolute Gasteiger partial charge is 0.330 e. The molecule has 120 valence electrons. The van der Waals surface area contributed by atoms with Gasteiger partial charge in [0.05, 0.1) is 0 Å². The van der Waals surface area contributed by atoms with Crippen molar-refractivity contribution in [3.05, 3.63) is 71.8 Å². The van der Waals surface area contributed by atoms with Gasteiger partial charge in [-0.15, -0.1) is 0 Å². The number of carboxylic acids is 1. The highest BCUT2D eigenvalue weighted by atomic mass is 16.4. The molecule has 0 bridgehead atoms. The summed E-state index contributed by atoms with van der Waals surface area (Å²) in [5.41, 5.74) is 1.23. The quantitative estimate of drug-likeness (QED) is 0.860. The number of nitrogens with one attached hydrogen (secondary N) is 1. The molecule has 0 aliphatic rings. The summed E-state index contributed by atoms with van der Waals surface area (Å²) in [6.45, 7) is 3.94. The lowest BCUT2D eigenvalue weighted by Gasteiger charge is -2.25. The zero-order valence-corrected chi connectivity index (χ0v) is 13.3. The summed E-state index contributed by atoms with van der Waals surface area (Å²) >= 11 is 0. The molecule has 4 heteroatoms. The van der Waals surface area contributed by atoms with Crippen LogP contribution in [0.2, 0.25) is 0 Å². The molecule has 4 nitrogen and oxygen atoms in total. The lowest BCUT2D eigenvalue weighted by Crippen LogP contribution is -2.37. The van der Waals surface area contributed by atoms with Crippen LogP contribution in [0, 0.1) is 0 Å². The van der Waals surface area contributed by atoms with Gasteiger partial charge in [0.25, 0.3) is 0 Å². The number of carbonyl (C=O) groups is 2. The first kappa shape index (κ1) is 16.7. The Labute approximate surface area is 136 Å².